The van der Waals surface area contributed by atoms with E-state index in [2.05, 4.69) is 39.6 Å². The van der Waals surface area contributed by atoms with Gasteiger partial charge in [-0.15, -0.1) is 0 Å². The van der Waals surface area contributed by atoms with Crippen LogP contribution in [0.1, 0.15) is 22.6 Å². The van der Waals surface area contributed by atoms with Crippen molar-refractivity contribution in [3.8, 4) is 0 Å². The average molecular weight is 340 g/mol. The Morgan fingerprint density at radius 2 is 2.00 bits per heavy atom. The number of amides is 1. The minimum Gasteiger partial charge on any atom is -0.386 e. The van der Waals surface area contributed by atoms with E-state index >= 15 is 0 Å². The lowest BCUT2D eigenvalue weighted by Gasteiger charge is -2.37. The van der Waals surface area contributed by atoms with E-state index in [4.69, 9.17) is 4.74 Å². The van der Waals surface area contributed by atoms with Gasteiger partial charge < -0.3 is 15.0 Å². The molecule has 1 aliphatic heterocycles. The number of carbonyl (C=O) groups is 1. The SMILES string of the molecule is CNc1cnc(C(=O)N2CC[C@H](Cc3ccccc3)[C@@H](OC)C2)nc1. The summed E-state index contributed by atoms with van der Waals surface area (Å²) in [5, 5.41) is 2.95. The minimum atomic E-state index is -0.136. The summed E-state index contributed by atoms with van der Waals surface area (Å²) >= 11 is 0. The van der Waals surface area contributed by atoms with Crippen molar-refractivity contribution in [1.29, 1.82) is 0 Å². The van der Waals surface area contributed by atoms with Gasteiger partial charge in [0.25, 0.3) is 5.91 Å². The number of hydrogen-bond acceptors (Lipinski definition) is 5. The van der Waals surface area contributed by atoms with E-state index in [-0.39, 0.29) is 17.8 Å². The second-order valence-corrected chi connectivity index (χ2v) is 6.31. The molecule has 2 aromatic rings. The first-order valence-electron chi connectivity index (χ1n) is 8.57. The smallest absolute Gasteiger partial charge is 0.291 e. The quantitative estimate of drug-likeness (QED) is 0.904. The van der Waals surface area contributed by atoms with Crippen LogP contribution in [0.4, 0.5) is 5.69 Å². The molecule has 3 rings (SSSR count). The van der Waals surface area contributed by atoms with E-state index in [9.17, 15) is 4.79 Å². The molecular weight excluding hydrogens is 316 g/mol. The Morgan fingerprint density at radius 3 is 2.64 bits per heavy atom. The third-order valence-electron chi connectivity index (χ3n) is 4.76. The summed E-state index contributed by atoms with van der Waals surface area (Å²) in [5.74, 6) is 0.502. The van der Waals surface area contributed by atoms with Gasteiger partial charge in [-0.25, -0.2) is 9.97 Å². The fourth-order valence-electron chi connectivity index (χ4n) is 3.28. The molecule has 1 aliphatic rings. The third kappa shape index (κ3) is 4.14. The summed E-state index contributed by atoms with van der Waals surface area (Å²) in [7, 11) is 3.51. The fraction of sp³-hybridized carbons (Fsp3) is 0.421. The third-order valence-corrected chi connectivity index (χ3v) is 4.76. The number of methoxy groups -OCH3 is 1. The van der Waals surface area contributed by atoms with Crippen molar-refractivity contribution in [3.05, 3.63) is 54.1 Å². The summed E-state index contributed by atoms with van der Waals surface area (Å²) in [4.78, 5) is 22.8. The summed E-state index contributed by atoms with van der Waals surface area (Å²) in [6.07, 6.45) is 5.14. The van der Waals surface area contributed by atoms with Crippen molar-refractivity contribution in [2.45, 2.75) is 18.9 Å². The number of likely N-dealkylation sites (tertiary alicyclic amines) is 1. The van der Waals surface area contributed by atoms with Crippen LogP contribution < -0.4 is 5.32 Å². The van der Waals surface area contributed by atoms with E-state index in [1.54, 1.807) is 31.5 Å². The van der Waals surface area contributed by atoms with Gasteiger partial charge >= 0.3 is 0 Å². The highest BCUT2D eigenvalue weighted by Gasteiger charge is 2.32. The average Bonchev–Trinajstić information content (AvgIpc) is 2.68. The fourth-order valence-corrected chi connectivity index (χ4v) is 3.28. The summed E-state index contributed by atoms with van der Waals surface area (Å²) < 4.78 is 5.68. The van der Waals surface area contributed by atoms with Gasteiger partial charge in [0.2, 0.25) is 5.82 Å². The van der Waals surface area contributed by atoms with Gasteiger partial charge in [0.05, 0.1) is 24.2 Å². The maximum atomic E-state index is 12.7. The predicted octanol–water partition coefficient (Wildman–Crippen LogP) is 2.24. The van der Waals surface area contributed by atoms with Crippen LogP contribution in [0, 0.1) is 5.92 Å². The van der Waals surface area contributed by atoms with Gasteiger partial charge in [-0.2, -0.15) is 0 Å². The van der Waals surface area contributed by atoms with Crippen LogP contribution in [-0.2, 0) is 11.2 Å². The molecule has 6 heteroatoms. The van der Waals surface area contributed by atoms with Gasteiger partial charge in [-0.1, -0.05) is 30.3 Å². The molecule has 0 spiro atoms. The second kappa shape index (κ2) is 8.07. The first kappa shape index (κ1) is 17.4. The van der Waals surface area contributed by atoms with Crippen molar-refractivity contribution in [1.82, 2.24) is 14.9 Å². The van der Waals surface area contributed by atoms with Crippen molar-refractivity contribution in [2.24, 2.45) is 5.92 Å². The minimum absolute atomic E-state index is 0.0227. The van der Waals surface area contributed by atoms with E-state index in [1.807, 2.05) is 6.07 Å². The molecule has 1 N–H and O–H groups in total. The number of nitrogens with zero attached hydrogens (tertiary/aromatic N) is 3. The van der Waals surface area contributed by atoms with Crippen LogP contribution in [0.15, 0.2) is 42.7 Å². The van der Waals surface area contributed by atoms with Gasteiger partial charge in [0.1, 0.15) is 0 Å². The van der Waals surface area contributed by atoms with Gasteiger partial charge in [-0.3, -0.25) is 4.79 Å². The number of ether oxygens (including phenoxy) is 1. The van der Waals surface area contributed by atoms with Gasteiger partial charge in [0.15, 0.2) is 0 Å². The molecule has 0 aliphatic carbocycles. The summed E-state index contributed by atoms with van der Waals surface area (Å²) in [6, 6.07) is 10.4. The first-order chi connectivity index (χ1) is 12.2. The van der Waals surface area contributed by atoms with Crippen molar-refractivity contribution in [3.63, 3.8) is 0 Å². The van der Waals surface area contributed by atoms with Crippen LogP contribution in [0.3, 0.4) is 0 Å². The highest BCUT2D eigenvalue weighted by molar-refractivity contribution is 5.90. The maximum absolute atomic E-state index is 12.7. The van der Waals surface area contributed by atoms with Crippen LogP contribution in [0.2, 0.25) is 0 Å². The Morgan fingerprint density at radius 1 is 1.28 bits per heavy atom. The predicted molar refractivity (Wildman–Crippen MR) is 96.5 cm³/mol. The van der Waals surface area contributed by atoms with Crippen LogP contribution in [-0.4, -0.2) is 54.1 Å². The Hall–Kier alpha value is -2.47. The Labute approximate surface area is 148 Å². The molecule has 132 valence electrons. The number of anilines is 1. The molecule has 0 unspecified atom stereocenters. The summed E-state index contributed by atoms with van der Waals surface area (Å²) in [6.45, 7) is 1.28. The highest BCUT2D eigenvalue weighted by atomic mass is 16.5. The zero-order valence-electron chi connectivity index (χ0n) is 14.7. The molecule has 1 saturated heterocycles. The van der Waals surface area contributed by atoms with Gasteiger partial charge in [-0.05, 0) is 24.3 Å². The zero-order chi connectivity index (χ0) is 17.6. The second-order valence-electron chi connectivity index (χ2n) is 6.31. The highest BCUT2D eigenvalue weighted by Crippen LogP contribution is 2.25. The number of carbonyl (C=O) groups excluding carboxylic acids is 1. The summed E-state index contributed by atoms with van der Waals surface area (Å²) in [5.41, 5.74) is 2.09. The van der Waals surface area contributed by atoms with E-state index < -0.39 is 0 Å². The van der Waals surface area contributed by atoms with Crippen LogP contribution in [0.5, 0.6) is 0 Å². The monoisotopic (exact) mass is 340 g/mol. The molecule has 0 bridgehead atoms. The molecular formula is C19H24N4O2. The van der Waals surface area contributed by atoms with Crippen molar-refractivity contribution in [2.75, 3.05) is 32.6 Å². The van der Waals surface area contributed by atoms with Crippen molar-refractivity contribution < 1.29 is 9.53 Å². The lowest BCUT2D eigenvalue weighted by molar-refractivity contribution is -0.00736. The first-order valence-corrected chi connectivity index (χ1v) is 8.57. The molecule has 1 amide bonds. The molecule has 1 fully saturated rings. The molecule has 2 heterocycles. The van der Waals surface area contributed by atoms with Crippen LogP contribution >= 0.6 is 0 Å². The molecule has 0 saturated carbocycles. The van der Waals surface area contributed by atoms with Crippen LogP contribution in [0.25, 0.3) is 0 Å². The number of hydrogen-bond donors (Lipinski definition) is 1. The number of aromatic nitrogens is 2. The normalized spacial score (nSPS) is 20.3. The van der Waals surface area contributed by atoms with E-state index in [0.29, 0.717) is 19.0 Å². The Balaban J connectivity index is 1.65. The molecule has 0 radical (unpaired) electrons. The Kier molecular flexibility index (Phi) is 5.60. The van der Waals surface area contributed by atoms with E-state index in [1.165, 1.54) is 5.56 Å². The number of benzene rings is 1. The van der Waals surface area contributed by atoms with Crippen molar-refractivity contribution >= 4 is 11.6 Å². The number of nitrogens with one attached hydrogen (secondary N) is 1. The standard InChI is InChI=1S/C19H24N4O2/c1-20-16-11-21-18(22-12-16)19(24)23-9-8-15(17(13-23)25-2)10-14-6-4-3-5-7-14/h3-7,11-12,15,17,20H,8-10,13H2,1-2H3/t15-,17+/m1/s1. The lowest BCUT2D eigenvalue weighted by atomic mass is 9.87. The Bertz CT molecular complexity index is 690. The van der Waals surface area contributed by atoms with E-state index in [0.717, 1.165) is 18.5 Å². The molecule has 1 aromatic carbocycles. The molecule has 6 nitrogen and oxygen atoms in total. The number of rotatable bonds is 5. The number of piperidine rings is 1. The largest absolute Gasteiger partial charge is 0.386 e. The molecule has 25 heavy (non-hydrogen) atoms. The topological polar surface area (TPSA) is 67.4 Å². The van der Waals surface area contributed by atoms with Gasteiger partial charge in [0, 0.05) is 27.2 Å². The zero-order valence-corrected chi connectivity index (χ0v) is 14.7. The lowest BCUT2D eigenvalue weighted by Crippen LogP contribution is -2.48. The molecule has 2 atom stereocenters. The maximum Gasteiger partial charge on any atom is 0.291 e. The molecule has 1 aromatic heterocycles.